The number of esters is 1. The molecule has 2 aliphatic carbocycles. The molecule has 0 aromatic heterocycles. The molecule has 0 aromatic rings. The minimum atomic E-state index is -0.351. The highest BCUT2D eigenvalue weighted by Gasteiger charge is 2.34. The SMILES string of the molecule is NC(C(=O)OCCC1CCC1)C1CC1. The first-order valence-corrected chi connectivity index (χ1v) is 5.69. The van der Waals surface area contributed by atoms with Gasteiger partial charge in [0.05, 0.1) is 6.61 Å². The second kappa shape index (κ2) is 4.30. The molecule has 0 radical (unpaired) electrons. The number of ether oxygens (including phenoxy) is 1. The second-order valence-electron chi connectivity index (χ2n) is 4.62. The van der Waals surface area contributed by atoms with Crippen molar-refractivity contribution in [2.45, 2.75) is 44.6 Å². The molecule has 0 aromatic carbocycles. The van der Waals surface area contributed by atoms with Gasteiger partial charge in [-0.3, -0.25) is 4.79 Å². The molecule has 2 fully saturated rings. The van der Waals surface area contributed by atoms with E-state index in [4.69, 9.17) is 10.5 Å². The van der Waals surface area contributed by atoms with Gasteiger partial charge in [0.15, 0.2) is 0 Å². The molecule has 3 heteroatoms. The Morgan fingerprint density at radius 1 is 1.36 bits per heavy atom. The average Bonchev–Trinajstić information content (AvgIpc) is 2.90. The lowest BCUT2D eigenvalue weighted by Gasteiger charge is -2.25. The summed E-state index contributed by atoms with van der Waals surface area (Å²) in [6, 6.07) is -0.351. The van der Waals surface area contributed by atoms with Crippen molar-refractivity contribution in [2.75, 3.05) is 6.61 Å². The largest absolute Gasteiger partial charge is 0.465 e. The van der Waals surface area contributed by atoms with Crippen molar-refractivity contribution in [3.63, 3.8) is 0 Å². The fraction of sp³-hybridized carbons (Fsp3) is 0.909. The van der Waals surface area contributed by atoms with E-state index >= 15 is 0 Å². The lowest BCUT2D eigenvalue weighted by molar-refractivity contribution is -0.146. The fourth-order valence-electron chi connectivity index (χ4n) is 1.85. The van der Waals surface area contributed by atoms with Crippen molar-refractivity contribution in [3.05, 3.63) is 0 Å². The average molecular weight is 197 g/mol. The maximum atomic E-state index is 11.4. The van der Waals surface area contributed by atoms with Crippen molar-refractivity contribution in [2.24, 2.45) is 17.6 Å². The topological polar surface area (TPSA) is 52.3 Å². The molecule has 1 atom stereocenters. The molecule has 0 spiro atoms. The van der Waals surface area contributed by atoms with Gasteiger partial charge in [-0.05, 0) is 31.1 Å². The van der Waals surface area contributed by atoms with E-state index in [2.05, 4.69) is 0 Å². The first-order chi connectivity index (χ1) is 6.77. The molecule has 2 rings (SSSR count). The summed E-state index contributed by atoms with van der Waals surface area (Å²) in [7, 11) is 0. The molecule has 2 N–H and O–H groups in total. The van der Waals surface area contributed by atoms with Gasteiger partial charge in [0.1, 0.15) is 6.04 Å². The molecule has 3 nitrogen and oxygen atoms in total. The molecule has 0 bridgehead atoms. The van der Waals surface area contributed by atoms with Gasteiger partial charge in [-0.25, -0.2) is 0 Å². The molecule has 0 aliphatic heterocycles. The van der Waals surface area contributed by atoms with E-state index in [-0.39, 0.29) is 12.0 Å². The van der Waals surface area contributed by atoms with Gasteiger partial charge >= 0.3 is 5.97 Å². The fourth-order valence-corrected chi connectivity index (χ4v) is 1.85. The molecule has 0 amide bonds. The number of carbonyl (C=O) groups is 1. The van der Waals surface area contributed by atoms with E-state index in [1.807, 2.05) is 0 Å². The summed E-state index contributed by atoms with van der Waals surface area (Å²) >= 11 is 0. The summed E-state index contributed by atoms with van der Waals surface area (Å²) in [4.78, 5) is 11.4. The lowest BCUT2D eigenvalue weighted by Crippen LogP contribution is -2.34. The summed E-state index contributed by atoms with van der Waals surface area (Å²) in [5.41, 5.74) is 5.71. The van der Waals surface area contributed by atoms with Gasteiger partial charge in [0, 0.05) is 0 Å². The van der Waals surface area contributed by atoms with Crippen molar-refractivity contribution >= 4 is 5.97 Å². The van der Waals surface area contributed by atoms with Gasteiger partial charge in [-0.1, -0.05) is 19.3 Å². The maximum Gasteiger partial charge on any atom is 0.323 e. The predicted molar refractivity (Wildman–Crippen MR) is 53.6 cm³/mol. The van der Waals surface area contributed by atoms with E-state index in [0.29, 0.717) is 12.5 Å². The molecule has 2 saturated carbocycles. The third-order valence-corrected chi connectivity index (χ3v) is 3.40. The van der Waals surface area contributed by atoms with Crippen LogP contribution in [0.3, 0.4) is 0 Å². The highest BCUT2D eigenvalue weighted by atomic mass is 16.5. The van der Waals surface area contributed by atoms with Crippen LogP contribution in [-0.2, 0) is 9.53 Å². The zero-order valence-corrected chi connectivity index (χ0v) is 8.58. The van der Waals surface area contributed by atoms with Crippen LogP contribution >= 0.6 is 0 Å². The van der Waals surface area contributed by atoms with Crippen LogP contribution in [0.4, 0.5) is 0 Å². The van der Waals surface area contributed by atoms with Crippen molar-refractivity contribution in [1.82, 2.24) is 0 Å². The second-order valence-corrected chi connectivity index (χ2v) is 4.62. The van der Waals surface area contributed by atoms with Crippen LogP contribution in [0.15, 0.2) is 0 Å². The van der Waals surface area contributed by atoms with Crippen molar-refractivity contribution < 1.29 is 9.53 Å². The minimum Gasteiger partial charge on any atom is -0.465 e. The zero-order chi connectivity index (χ0) is 9.97. The first kappa shape index (κ1) is 9.97. The van der Waals surface area contributed by atoms with Crippen LogP contribution in [0.25, 0.3) is 0 Å². The van der Waals surface area contributed by atoms with Crippen LogP contribution < -0.4 is 5.73 Å². The third-order valence-electron chi connectivity index (χ3n) is 3.40. The zero-order valence-electron chi connectivity index (χ0n) is 8.58. The Kier molecular flexibility index (Phi) is 3.06. The molecule has 1 unspecified atom stereocenters. The normalized spacial score (nSPS) is 24.1. The van der Waals surface area contributed by atoms with E-state index in [1.54, 1.807) is 0 Å². The number of carbonyl (C=O) groups excluding carboxylic acids is 1. The highest BCUT2D eigenvalue weighted by Crippen LogP contribution is 2.32. The highest BCUT2D eigenvalue weighted by molar-refractivity contribution is 5.76. The molecular weight excluding hydrogens is 178 g/mol. The summed E-state index contributed by atoms with van der Waals surface area (Å²) in [5.74, 6) is 1.03. The Morgan fingerprint density at radius 2 is 2.07 bits per heavy atom. The van der Waals surface area contributed by atoms with Gasteiger partial charge in [0.25, 0.3) is 0 Å². The Hall–Kier alpha value is -0.570. The van der Waals surface area contributed by atoms with E-state index in [1.165, 1.54) is 19.3 Å². The Balaban J connectivity index is 1.56. The molecule has 0 saturated heterocycles. The van der Waals surface area contributed by atoms with Crippen LogP contribution in [0.1, 0.15) is 38.5 Å². The number of hydrogen-bond acceptors (Lipinski definition) is 3. The lowest BCUT2D eigenvalue weighted by atomic mass is 9.83. The Labute approximate surface area is 85.0 Å². The van der Waals surface area contributed by atoms with Gasteiger partial charge in [-0.2, -0.15) is 0 Å². The van der Waals surface area contributed by atoms with Crippen LogP contribution in [0.2, 0.25) is 0 Å². The number of hydrogen-bond donors (Lipinski definition) is 1. The van der Waals surface area contributed by atoms with Crippen molar-refractivity contribution in [3.8, 4) is 0 Å². The van der Waals surface area contributed by atoms with Gasteiger partial charge in [0.2, 0.25) is 0 Å². The Morgan fingerprint density at radius 3 is 2.57 bits per heavy atom. The van der Waals surface area contributed by atoms with Crippen LogP contribution in [-0.4, -0.2) is 18.6 Å². The summed E-state index contributed by atoms with van der Waals surface area (Å²) in [6.07, 6.45) is 7.19. The van der Waals surface area contributed by atoms with E-state index in [0.717, 1.165) is 25.2 Å². The first-order valence-electron chi connectivity index (χ1n) is 5.69. The maximum absolute atomic E-state index is 11.4. The molecule has 2 aliphatic rings. The molecule has 80 valence electrons. The van der Waals surface area contributed by atoms with Crippen LogP contribution in [0, 0.1) is 11.8 Å². The van der Waals surface area contributed by atoms with Crippen LogP contribution in [0.5, 0.6) is 0 Å². The predicted octanol–water partition coefficient (Wildman–Crippen LogP) is 1.46. The summed E-state index contributed by atoms with van der Waals surface area (Å²) in [5, 5.41) is 0. The van der Waals surface area contributed by atoms with E-state index in [9.17, 15) is 4.79 Å². The molecular formula is C11H19NO2. The van der Waals surface area contributed by atoms with Crippen molar-refractivity contribution in [1.29, 1.82) is 0 Å². The molecule has 14 heavy (non-hydrogen) atoms. The van der Waals surface area contributed by atoms with E-state index < -0.39 is 0 Å². The number of nitrogens with two attached hydrogens (primary N) is 1. The third kappa shape index (κ3) is 2.47. The minimum absolute atomic E-state index is 0.188. The quantitative estimate of drug-likeness (QED) is 0.679. The smallest absolute Gasteiger partial charge is 0.323 e. The summed E-state index contributed by atoms with van der Waals surface area (Å²) < 4.78 is 5.15. The Bertz CT molecular complexity index is 209. The monoisotopic (exact) mass is 197 g/mol. The molecule has 0 heterocycles. The summed E-state index contributed by atoms with van der Waals surface area (Å²) in [6.45, 7) is 0.573. The number of rotatable bonds is 5. The van der Waals surface area contributed by atoms with Gasteiger partial charge in [-0.15, -0.1) is 0 Å². The standard InChI is InChI=1S/C11H19NO2/c12-10(9-4-5-9)11(13)14-7-6-8-2-1-3-8/h8-10H,1-7,12H2. The van der Waals surface area contributed by atoms with Gasteiger partial charge < -0.3 is 10.5 Å².